The van der Waals surface area contributed by atoms with Gasteiger partial charge in [0.15, 0.2) is 0 Å². The summed E-state index contributed by atoms with van der Waals surface area (Å²) in [6, 6.07) is 3.43. The largest absolute Gasteiger partial charge is 0.415 e. The van der Waals surface area contributed by atoms with Gasteiger partial charge < -0.3 is 9.32 Å². The van der Waals surface area contributed by atoms with E-state index in [4.69, 9.17) is 4.42 Å². The Balaban J connectivity index is 1.35. The highest BCUT2D eigenvalue weighted by Crippen LogP contribution is 2.29. The summed E-state index contributed by atoms with van der Waals surface area (Å²) in [7, 11) is 0. The molecule has 3 aromatic rings. The number of carbonyl (C=O) groups excluding carboxylic acids is 1. The predicted molar refractivity (Wildman–Crippen MR) is 110 cm³/mol. The zero-order valence-corrected chi connectivity index (χ0v) is 18.2. The van der Waals surface area contributed by atoms with E-state index in [9.17, 15) is 13.6 Å². The standard InChI is InChI=1S/C21H25F2N7O2/c1-21(2,3)20(31)29-8-6-13(7-9-29)16-12-30(28-25-16)11-15-5-4-14(10-24-15)18-26-27-19(32-18)17(22)23/h4-5,10,12-13,17H,6-9,11H2,1-3H3. The van der Waals surface area contributed by atoms with Gasteiger partial charge in [0.2, 0.25) is 11.8 Å². The molecule has 11 heteroatoms. The minimum atomic E-state index is -2.81. The molecule has 0 atom stereocenters. The van der Waals surface area contributed by atoms with Crippen LogP contribution < -0.4 is 0 Å². The molecular formula is C21H25F2N7O2. The fraction of sp³-hybridized carbons (Fsp3) is 0.524. The number of hydrogen-bond donors (Lipinski definition) is 0. The summed E-state index contributed by atoms with van der Waals surface area (Å²) in [5.41, 5.74) is 1.73. The monoisotopic (exact) mass is 445 g/mol. The lowest BCUT2D eigenvalue weighted by Crippen LogP contribution is -2.43. The van der Waals surface area contributed by atoms with E-state index in [0.29, 0.717) is 12.1 Å². The van der Waals surface area contributed by atoms with E-state index < -0.39 is 12.3 Å². The minimum Gasteiger partial charge on any atom is -0.415 e. The van der Waals surface area contributed by atoms with Crippen LogP contribution in [0, 0.1) is 5.41 Å². The predicted octanol–water partition coefficient (Wildman–Crippen LogP) is 3.46. The van der Waals surface area contributed by atoms with E-state index in [1.165, 1.54) is 6.20 Å². The highest BCUT2D eigenvalue weighted by Gasteiger charge is 2.31. The second kappa shape index (κ2) is 8.71. The number of alkyl halides is 2. The maximum absolute atomic E-state index is 12.6. The Hall–Kier alpha value is -3.24. The van der Waals surface area contributed by atoms with Crippen molar-refractivity contribution < 1.29 is 18.0 Å². The third kappa shape index (κ3) is 4.81. The molecule has 32 heavy (non-hydrogen) atoms. The van der Waals surface area contributed by atoms with Crippen LogP contribution in [0.25, 0.3) is 11.5 Å². The molecule has 1 aliphatic rings. The molecule has 4 heterocycles. The zero-order valence-electron chi connectivity index (χ0n) is 18.2. The minimum absolute atomic E-state index is 0.00123. The van der Waals surface area contributed by atoms with Crippen LogP contribution in [-0.2, 0) is 11.3 Å². The molecule has 0 spiro atoms. The second-order valence-corrected chi connectivity index (χ2v) is 8.94. The van der Waals surface area contributed by atoms with Crippen molar-refractivity contribution in [2.45, 2.75) is 52.5 Å². The summed E-state index contributed by atoms with van der Waals surface area (Å²) < 4.78 is 31.8. The van der Waals surface area contributed by atoms with Gasteiger partial charge in [-0.1, -0.05) is 26.0 Å². The summed E-state index contributed by atoms with van der Waals surface area (Å²) in [5.74, 6) is -0.267. The highest BCUT2D eigenvalue weighted by molar-refractivity contribution is 5.81. The van der Waals surface area contributed by atoms with Gasteiger partial charge in [0.1, 0.15) is 0 Å². The van der Waals surface area contributed by atoms with Crippen molar-refractivity contribution in [1.82, 2.24) is 35.1 Å². The first-order valence-electron chi connectivity index (χ1n) is 10.5. The molecule has 0 aliphatic carbocycles. The number of rotatable bonds is 5. The van der Waals surface area contributed by atoms with Crippen molar-refractivity contribution in [2.75, 3.05) is 13.1 Å². The van der Waals surface area contributed by atoms with Crippen molar-refractivity contribution in [3.05, 3.63) is 41.8 Å². The molecular weight excluding hydrogens is 420 g/mol. The fourth-order valence-corrected chi connectivity index (χ4v) is 3.68. The van der Waals surface area contributed by atoms with E-state index in [1.54, 1.807) is 16.8 Å². The lowest BCUT2D eigenvalue weighted by molar-refractivity contribution is -0.140. The van der Waals surface area contributed by atoms with Crippen LogP contribution in [0.1, 0.15) is 63.2 Å². The van der Waals surface area contributed by atoms with Crippen LogP contribution in [-0.4, -0.2) is 54.1 Å². The Morgan fingerprint density at radius 2 is 1.94 bits per heavy atom. The molecule has 0 N–H and O–H groups in total. The highest BCUT2D eigenvalue weighted by atomic mass is 19.3. The maximum atomic E-state index is 12.6. The normalized spacial score (nSPS) is 15.5. The molecule has 0 unspecified atom stereocenters. The van der Waals surface area contributed by atoms with Crippen molar-refractivity contribution in [3.63, 3.8) is 0 Å². The zero-order chi connectivity index (χ0) is 22.9. The van der Waals surface area contributed by atoms with Crippen LogP contribution >= 0.6 is 0 Å². The average Bonchev–Trinajstić information content (AvgIpc) is 3.43. The molecule has 4 rings (SSSR count). The summed E-state index contributed by atoms with van der Waals surface area (Å²) in [5, 5.41) is 15.5. The molecule has 1 fully saturated rings. The van der Waals surface area contributed by atoms with E-state index in [1.807, 2.05) is 31.9 Å². The molecule has 0 radical (unpaired) electrons. The van der Waals surface area contributed by atoms with Crippen molar-refractivity contribution in [2.24, 2.45) is 5.41 Å². The quantitative estimate of drug-likeness (QED) is 0.592. The van der Waals surface area contributed by atoms with E-state index in [-0.39, 0.29) is 23.1 Å². The first kappa shape index (κ1) is 22.0. The molecule has 0 saturated carbocycles. The Kier molecular flexibility index (Phi) is 5.98. The van der Waals surface area contributed by atoms with Gasteiger partial charge in [-0.2, -0.15) is 8.78 Å². The summed E-state index contributed by atoms with van der Waals surface area (Å²) in [6.07, 6.45) is 2.32. The van der Waals surface area contributed by atoms with Crippen molar-refractivity contribution in [1.29, 1.82) is 0 Å². The second-order valence-electron chi connectivity index (χ2n) is 8.94. The van der Waals surface area contributed by atoms with Gasteiger partial charge in [-0.15, -0.1) is 15.3 Å². The molecule has 1 saturated heterocycles. The maximum Gasteiger partial charge on any atom is 0.314 e. The number of pyridine rings is 1. The molecule has 1 amide bonds. The number of piperidine rings is 1. The van der Waals surface area contributed by atoms with Crippen LogP contribution in [0.5, 0.6) is 0 Å². The average molecular weight is 445 g/mol. The Morgan fingerprint density at radius 1 is 1.19 bits per heavy atom. The summed E-state index contributed by atoms with van der Waals surface area (Å²) in [4.78, 5) is 18.7. The number of nitrogens with zero attached hydrogens (tertiary/aromatic N) is 7. The lowest BCUT2D eigenvalue weighted by Gasteiger charge is -2.35. The van der Waals surface area contributed by atoms with Gasteiger partial charge in [-0.3, -0.25) is 9.78 Å². The number of amides is 1. The van der Waals surface area contributed by atoms with Crippen LogP contribution in [0.15, 0.2) is 28.9 Å². The molecule has 0 bridgehead atoms. The smallest absolute Gasteiger partial charge is 0.314 e. The molecule has 1 aliphatic heterocycles. The third-order valence-electron chi connectivity index (χ3n) is 5.42. The molecule has 170 valence electrons. The van der Waals surface area contributed by atoms with Gasteiger partial charge in [-0.25, -0.2) is 4.68 Å². The van der Waals surface area contributed by atoms with Gasteiger partial charge in [0, 0.05) is 36.8 Å². The van der Waals surface area contributed by atoms with Crippen molar-refractivity contribution >= 4 is 5.91 Å². The number of carbonyl (C=O) groups is 1. The van der Waals surface area contributed by atoms with E-state index in [2.05, 4.69) is 25.5 Å². The Morgan fingerprint density at radius 3 is 2.53 bits per heavy atom. The Labute approximate surface area is 183 Å². The number of hydrogen-bond acceptors (Lipinski definition) is 7. The molecule has 9 nitrogen and oxygen atoms in total. The lowest BCUT2D eigenvalue weighted by atomic mass is 9.90. The first-order chi connectivity index (χ1) is 15.2. The summed E-state index contributed by atoms with van der Waals surface area (Å²) >= 11 is 0. The first-order valence-corrected chi connectivity index (χ1v) is 10.5. The molecule has 0 aromatic carbocycles. The topological polar surface area (TPSA) is 103 Å². The van der Waals surface area contributed by atoms with Gasteiger partial charge >= 0.3 is 6.43 Å². The van der Waals surface area contributed by atoms with Crippen LogP contribution in [0.2, 0.25) is 0 Å². The SMILES string of the molecule is CC(C)(C)C(=O)N1CCC(c2cn(Cc3ccc(-c4nnc(C(F)F)o4)cn3)nn2)CC1. The third-order valence-corrected chi connectivity index (χ3v) is 5.42. The van der Waals surface area contributed by atoms with Gasteiger partial charge in [0.25, 0.3) is 5.89 Å². The van der Waals surface area contributed by atoms with Gasteiger partial charge in [-0.05, 0) is 25.0 Å². The van der Waals surface area contributed by atoms with Crippen LogP contribution in [0.4, 0.5) is 8.78 Å². The number of halogens is 2. The van der Waals surface area contributed by atoms with Gasteiger partial charge in [0.05, 0.1) is 23.5 Å². The number of likely N-dealkylation sites (tertiary alicyclic amines) is 1. The summed E-state index contributed by atoms with van der Waals surface area (Å²) in [6.45, 7) is 7.68. The van der Waals surface area contributed by atoms with Crippen molar-refractivity contribution in [3.8, 4) is 11.5 Å². The molecule has 3 aromatic heterocycles. The number of aromatic nitrogens is 6. The Bertz CT molecular complexity index is 1060. The van der Waals surface area contributed by atoms with Crippen LogP contribution in [0.3, 0.4) is 0 Å². The van der Waals surface area contributed by atoms with E-state index in [0.717, 1.165) is 37.3 Å². The van der Waals surface area contributed by atoms with E-state index >= 15 is 0 Å². The fourth-order valence-electron chi connectivity index (χ4n) is 3.68.